The highest BCUT2D eigenvalue weighted by Gasteiger charge is 2.39. The molecule has 1 saturated carbocycles. The molecule has 31 heavy (non-hydrogen) atoms. The molecule has 0 unspecified atom stereocenters. The first kappa shape index (κ1) is 19.9. The van der Waals surface area contributed by atoms with Crippen LogP contribution in [-0.4, -0.2) is 57.4 Å². The molecule has 0 atom stereocenters. The van der Waals surface area contributed by atoms with E-state index < -0.39 is 0 Å². The number of piperazine rings is 1. The summed E-state index contributed by atoms with van der Waals surface area (Å²) in [4.78, 5) is 26.2. The summed E-state index contributed by atoms with van der Waals surface area (Å²) in [5, 5.41) is 4.13. The molecule has 1 aromatic carbocycles. The Bertz CT molecular complexity index is 1130. The molecule has 1 N–H and O–H groups in total. The lowest BCUT2D eigenvalue weighted by Gasteiger charge is -2.34. The average Bonchev–Trinajstić information content (AvgIpc) is 3.36. The van der Waals surface area contributed by atoms with E-state index in [1.807, 2.05) is 11.0 Å². The number of nitrogens with zero attached hydrogens (tertiary/aromatic N) is 4. The molecule has 5 rings (SSSR count). The Hall–Kier alpha value is -3.00. The number of anilines is 1. The minimum atomic E-state index is -0.222. The van der Waals surface area contributed by atoms with Gasteiger partial charge in [0.15, 0.2) is 0 Å². The highest BCUT2D eigenvalue weighted by atomic mass is 19.1. The van der Waals surface area contributed by atoms with Gasteiger partial charge in [-0.2, -0.15) is 0 Å². The third-order valence-corrected chi connectivity index (χ3v) is 6.25. The smallest absolute Gasteiger partial charge is 0.258 e. The molecule has 2 fully saturated rings. The lowest BCUT2D eigenvalue weighted by molar-refractivity contribution is 0.0628. The fourth-order valence-electron chi connectivity index (χ4n) is 4.16. The Balaban J connectivity index is 1.33. The zero-order valence-corrected chi connectivity index (χ0v) is 17.8. The van der Waals surface area contributed by atoms with Crippen LogP contribution in [0.4, 0.5) is 10.2 Å². The first-order chi connectivity index (χ1) is 14.9. The third-order valence-electron chi connectivity index (χ3n) is 6.25. The number of halogens is 1. The summed E-state index contributed by atoms with van der Waals surface area (Å²) >= 11 is 0. The van der Waals surface area contributed by atoms with Crippen LogP contribution in [0.5, 0.6) is 0 Å². The normalized spacial score (nSPS) is 18.4. The molecule has 3 aromatic rings. The molecule has 162 valence electrons. The van der Waals surface area contributed by atoms with Gasteiger partial charge in [-0.1, -0.05) is 12.1 Å². The number of amides is 1. The Labute approximate surface area is 180 Å². The number of rotatable bonds is 5. The minimum absolute atomic E-state index is 0.0231. The summed E-state index contributed by atoms with van der Waals surface area (Å²) in [6, 6.07) is 6.67. The first-order valence-corrected chi connectivity index (χ1v) is 10.7. The Morgan fingerprint density at radius 1 is 1.23 bits per heavy atom. The quantitative estimate of drug-likeness (QED) is 0.676. The average molecular weight is 423 g/mol. The van der Waals surface area contributed by atoms with Crippen molar-refractivity contribution in [2.45, 2.75) is 38.8 Å². The van der Waals surface area contributed by atoms with E-state index in [-0.39, 0.29) is 17.3 Å². The van der Waals surface area contributed by atoms with E-state index in [1.165, 1.54) is 12.4 Å². The maximum atomic E-state index is 13.5. The van der Waals surface area contributed by atoms with Gasteiger partial charge in [0.05, 0.1) is 10.9 Å². The second kappa shape index (κ2) is 7.60. The zero-order chi connectivity index (χ0) is 21.6. The highest BCUT2D eigenvalue weighted by Crippen LogP contribution is 2.40. The standard InChI is InChI=1S/C23H26FN5O2/c1-15-18(19-20(27-23(2)6-7-23)25-14-26-21(19)31-15)22(30)29-10-8-28(9-11-29)13-16-4-3-5-17(24)12-16/h3-5,12,14H,6-11,13H2,1-2H3,(H,25,26,27). The van der Waals surface area contributed by atoms with Gasteiger partial charge in [-0.05, 0) is 44.4 Å². The second-order valence-electron chi connectivity index (χ2n) is 8.82. The number of furan rings is 1. The van der Waals surface area contributed by atoms with Gasteiger partial charge in [-0.25, -0.2) is 14.4 Å². The summed E-state index contributed by atoms with van der Waals surface area (Å²) in [5.41, 5.74) is 1.95. The van der Waals surface area contributed by atoms with Gasteiger partial charge in [-0.3, -0.25) is 9.69 Å². The summed E-state index contributed by atoms with van der Waals surface area (Å²) in [7, 11) is 0. The van der Waals surface area contributed by atoms with Gasteiger partial charge >= 0.3 is 0 Å². The van der Waals surface area contributed by atoms with Crippen LogP contribution < -0.4 is 5.32 Å². The molecule has 2 aliphatic rings. The number of aryl methyl sites for hydroxylation is 1. The summed E-state index contributed by atoms with van der Waals surface area (Å²) in [6.45, 7) is 7.30. The van der Waals surface area contributed by atoms with Crippen LogP contribution in [0.2, 0.25) is 0 Å². The van der Waals surface area contributed by atoms with E-state index in [0.717, 1.165) is 31.5 Å². The zero-order valence-electron chi connectivity index (χ0n) is 17.8. The third kappa shape index (κ3) is 3.99. The van der Waals surface area contributed by atoms with Crippen molar-refractivity contribution in [2.75, 3.05) is 31.5 Å². The first-order valence-electron chi connectivity index (χ1n) is 10.7. The molecule has 1 saturated heterocycles. The van der Waals surface area contributed by atoms with E-state index in [0.29, 0.717) is 47.9 Å². The van der Waals surface area contributed by atoms with Crippen LogP contribution >= 0.6 is 0 Å². The van der Waals surface area contributed by atoms with Gasteiger partial charge in [0, 0.05) is 38.3 Å². The number of benzene rings is 1. The maximum absolute atomic E-state index is 13.5. The van der Waals surface area contributed by atoms with Gasteiger partial charge in [-0.15, -0.1) is 0 Å². The number of aromatic nitrogens is 2. The minimum Gasteiger partial charge on any atom is -0.442 e. The van der Waals surface area contributed by atoms with Gasteiger partial charge in [0.1, 0.15) is 23.7 Å². The van der Waals surface area contributed by atoms with Gasteiger partial charge < -0.3 is 14.6 Å². The number of hydrogen-bond acceptors (Lipinski definition) is 6. The number of carbonyl (C=O) groups is 1. The number of nitrogens with one attached hydrogen (secondary N) is 1. The Morgan fingerprint density at radius 3 is 2.71 bits per heavy atom. The molecule has 3 heterocycles. The van der Waals surface area contributed by atoms with Crippen molar-refractivity contribution >= 4 is 22.8 Å². The molecular weight excluding hydrogens is 397 g/mol. The van der Waals surface area contributed by atoms with Crippen LogP contribution in [0.25, 0.3) is 11.1 Å². The molecule has 1 aliphatic heterocycles. The van der Waals surface area contributed by atoms with Crippen LogP contribution in [0, 0.1) is 12.7 Å². The SMILES string of the molecule is Cc1oc2ncnc(NC3(C)CC3)c2c1C(=O)N1CCN(Cc2cccc(F)c2)CC1. The Morgan fingerprint density at radius 2 is 2.00 bits per heavy atom. The van der Waals surface area contributed by atoms with Crippen molar-refractivity contribution in [1.82, 2.24) is 19.8 Å². The molecule has 0 radical (unpaired) electrons. The summed E-state index contributed by atoms with van der Waals surface area (Å²) in [5.74, 6) is 0.947. The summed E-state index contributed by atoms with van der Waals surface area (Å²) < 4.78 is 19.3. The van der Waals surface area contributed by atoms with Crippen LogP contribution in [0.3, 0.4) is 0 Å². The van der Waals surface area contributed by atoms with Crippen LogP contribution in [0.1, 0.15) is 41.4 Å². The number of fused-ring (bicyclic) bond motifs is 1. The molecular formula is C23H26FN5O2. The van der Waals surface area contributed by atoms with Crippen molar-refractivity contribution in [3.05, 3.63) is 53.3 Å². The van der Waals surface area contributed by atoms with Crippen molar-refractivity contribution in [1.29, 1.82) is 0 Å². The predicted molar refractivity (Wildman–Crippen MR) is 115 cm³/mol. The fraction of sp³-hybridized carbons (Fsp3) is 0.435. The maximum Gasteiger partial charge on any atom is 0.258 e. The van der Waals surface area contributed by atoms with E-state index in [1.54, 1.807) is 19.1 Å². The van der Waals surface area contributed by atoms with Gasteiger partial charge in [0.25, 0.3) is 5.91 Å². The van der Waals surface area contributed by atoms with Crippen molar-refractivity contribution in [3.8, 4) is 0 Å². The second-order valence-corrected chi connectivity index (χ2v) is 8.82. The van der Waals surface area contributed by atoms with Crippen molar-refractivity contribution < 1.29 is 13.6 Å². The van der Waals surface area contributed by atoms with E-state index >= 15 is 0 Å². The Kier molecular flexibility index (Phi) is 4.89. The van der Waals surface area contributed by atoms with Crippen molar-refractivity contribution in [2.24, 2.45) is 0 Å². The number of hydrogen-bond donors (Lipinski definition) is 1. The van der Waals surface area contributed by atoms with E-state index in [2.05, 4.69) is 27.1 Å². The molecule has 7 nitrogen and oxygen atoms in total. The molecule has 8 heteroatoms. The summed E-state index contributed by atoms with van der Waals surface area (Å²) in [6.07, 6.45) is 3.62. The largest absolute Gasteiger partial charge is 0.442 e. The molecule has 0 spiro atoms. The van der Waals surface area contributed by atoms with E-state index in [9.17, 15) is 9.18 Å². The predicted octanol–water partition coefficient (Wildman–Crippen LogP) is 3.59. The molecule has 1 amide bonds. The molecule has 1 aliphatic carbocycles. The van der Waals surface area contributed by atoms with Crippen molar-refractivity contribution in [3.63, 3.8) is 0 Å². The van der Waals surface area contributed by atoms with Gasteiger partial charge in [0.2, 0.25) is 5.71 Å². The highest BCUT2D eigenvalue weighted by molar-refractivity contribution is 6.10. The number of carbonyl (C=O) groups excluding carboxylic acids is 1. The van der Waals surface area contributed by atoms with Crippen LogP contribution in [0.15, 0.2) is 35.0 Å². The fourth-order valence-corrected chi connectivity index (χ4v) is 4.16. The topological polar surface area (TPSA) is 74.5 Å². The molecule has 2 aromatic heterocycles. The van der Waals surface area contributed by atoms with E-state index in [4.69, 9.17) is 4.42 Å². The lowest BCUT2D eigenvalue weighted by atomic mass is 10.1. The lowest BCUT2D eigenvalue weighted by Crippen LogP contribution is -2.48. The van der Waals surface area contributed by atoms with Crippen LogP contribution in [-0.2, 0) is 6.54 Å². The monoisotopic (exact) mass is 423 g/mol. The molecule has 0 bridgehead atoms.